The van der Waals surface area contributed by atoms with Gasteiger partial charge < -0.3 is 13.7 Å². The summed E-state index contributed by atoms with van der Waals surface area (Å²) >= 11 is 0. The topological polar surface area (TPSA) is 135 Å². The average molecular weight is 1590 g/mol. The minimum atomic E-state index is -3.26. The first-order valence-corrected chi connectivity index (χ1v) is 44.8. The van der Waals surface area contributed by atoms with Gasteiger partial charge in [-0.25, -0.2) is 24.9 Å². The molecule has 0 N–H and O–H groups in total. The Morgan fingerprint density at radius 1 is 0.305 bits per heavy atom. The van der Waals surface area contributed by atoms with Gasteiger partial charge in [-0.15, -0.1) is 0 Å². The van der Waals surface area contributed by atoms with Crippen LogP contribution in [0.4, 0.5) is 0 Å². The Labute approximate surface area is 689 Å². The van der Waals surface area contributed by atoms with Crippen molar-refractivity contribution < 1.29 is 20.5 Å². The van der Waals surface area contributed by atoms with Crippen LogP contribution in [0.25, 0.3) is 135 Å². The number of aryl methyl sites for hydroxylation is 3. The van der Waals surface area contributed by atoms with Crippen LogP contribution < -0.4 is 47.7 Å². The number of imidazole rings is 4. The van der Waals surface area contributed by atoms with Gasteiger partial charge in [0, 0.05) is 78.0 Å². The predicted octanol–water partition coefficient (Wildman–Crippen LogP) is 20.8. The fourth-order valence-electron chi connectivity index (χ4n) is 17.6. The molecule has 23 rings (SSSR count). The molecular formula is C103H76N9O3P3. The highest BCUT2D eigenvalue weighted by Crippen LogP contribution is 2.54. The van der Waals surface area contributed by atoms with E-state index < -0.39 is 27.5 Å². The van der Waals surface area contributed by atoms with Gasteiger partial charge in [0.25, 0.3) is 0 Å². The Morgan fingerprint density at radius 2 is 0.678 bits per heavy atom. The summed E-state index contributed by atoms with van der Waals surface area (Å²) in [7, 11) is -9.58. The third-order valence-electron chi connectivity index (χ3n) is 23.0. The molecule has 0 saturated heterocycles. The van der Waals surface area contributed by atoms with E-state index >= 15 is 13.7 Å². The third-order valence-corrected chi connectivity index (χ3v) is 32.3. The average Bonchev–Trinajstić information content (AvgIpc) is 1.64. The molecule has 5 aromatic heterocycles. The van der Waals surface area contributed by atoms with Crippen LogP contribution in [0.1, 0.15) is 56.2 Å². The summed E-state index contributed by atoms with van der Waals surface area (Å²) in [4.78, 5) is 25.4. The van der Waals surface area contributed by atoms with Crippen molar-refractivity contribution in [1.29, 1.82) is 0 Å². The van der Waals surface area contributed by atoms with Gasteiger partial charge in [-0.2, -0.15) is 0 Å². The van der Waals surface area contributed by atoms with Gasteiger partial charge in [-0.3, -0.25) is 18.1 Å². The van der Waals surface area contributed by atoms with E-state index in [1.54, 1.807) is 12.1 Å². The summed E-state index contributed by atoms with van der Waals surface area (Å²) in [6, 6.07) is 107. The third kappa shape index (κ3) is 11.5. The molecule has 0 radical (unpaired) electrons. The Morgan fingerprint density at radius 3 is 1.16 bits per heavy atom. The number of benzene rings is 15. The smallest absolute Gasteiger partial charge is 0.175 e. The number of para-hydroxylation sites is 6. The lowest BCUT2D eigenvalue weighted by molar-refractivity contribution is 0.591. The Bertz CT molecular complexity index is 7900. The maximum Gasteiger partial charge on any atom is 0.175 e. The second-order valence-electron chi connectivity index (χ2n) is 29.7. The lowest BCUT2D eigenvalue weighted by Crippen LogP contribution is -2.33. The van der Waals surface area contributed by atoms with E-state index in [0.29, 0.717) is 5.56 Å². The molecule has 3 unspecified atom stereocenters. The van der Waals surface area contributed by atoms with Crippen molar-refractivity contribution in [1.82, 2.24) is 43.0 Å². The van der Waals surface area contributed by atoms with Crippen LogP contribution in [0.5, 0.6) is 0 Å². The van der Waals surface area contributed by atoms with Gasteiger partial charge in [0.05, 0.1) is 73.6 Å². The molecule has 15 heteroatoms. The fourth-order valence-corrected chi connectivity index (χ4v) is 26.7. The monoisotopic (exact) mass is 1580 g/mol. The molecule has 20 aromatic rings. The van der Waals surface area contributed by atoms with Crippen LogP contribution in [-0.2, 0) is 33.0 Å². The van der Waals surface area contributed by atoms with Gasteiger partial charge in [0.1, 0.15) is 28.9 Å². The molecule has 0 fully saturated rings. The number of rotatable bonds is 12. The van der Waals surface area contributed by atoms with Gasteiger partial charge >= 0.3 is 0 Å². The Kier molecular flexibility index (Phi) is 16.3. The molecule has 8 heterocycles. The van der Waals surface area contributed by atoms with Crippen molar-refractivity contribution in [2.75, 3.05) is 0 Å². The van der Waals surface area contributed by atoms with E-state index in [-0.39, 0.29) is 29.7 Å². The standard InChI is InChI=1S/C39H29N2OP.C35H24N5OP.C29H23N2OP/c1-2-38-40-34-25-32(31-23-21-30(22-24-31)29-19-17-28(18-20-29)27-11-5-3-6-12-27)26-37-39(34)41(38)35-15-9-10-16-36(35)43(37,42)33-13-7-4-8-14-33;1-2-32-36-27-20-22(34-37-25-15-7-6-14-24(25)35-38-26-16-8-9-17-28(26)40(34)35)21-31-33(27)39(32)29-18-10-11-19-30(29)42(31,41)23-12-4-3-5-13-23;1-2-28-30-24-19-22(18-17-21-11-5-3-6-12-21)20-27-29(24)31(28)25-15-9-10-16-26(25)33(27,32)23-13-7-4-8-14-23/h3-26H,2H2,1H3;3-21H,2H2,1H3;3-20H,2H2,1H3/b;;18-17+/i3D,5D,6D,11D,12D;;. The molecule has 3 aliphatic rings. The van der Waals surface area contributed by atoms with E-state index in [4.69, 9.17) is 31.8 Å². The fraction of sp³-hybridized carbons (Fsp3) is 0.0583. The second kappa shape index (κ2) is 28.9. The van der Waals surface area contributed by atoms with Crippen molar-refractivity contribution >= 4 is 142 Å². The largest absolute Gasteiger partial charge is 0.308 e. The Balaban J connectivity index is 0.000000115. The normalized spacial score (nSPS) is 16.6. The van der Waals surface area contributed by atoms with Crippen LogP contribution in [0.3, 0.4) is 0 Å². The summed E-state index contributed by atoms with van der Waals surface area (Å²) in [5.74, 6) is 3.61. The summed E-state index contributed by atoms with van der Waals surface area (Å²) in [5.41, 5.74) is 19.3. The quantitative estimate of drug-likeness (QED) is 0.0872. The second-order valence-corrected chi connectivity index (χ2v) is 37.8. The first kappa shape index (κ1) is 66.6. The molecule has 3 aliphatic heterocycles. The van der Waals surface area contributed by atoms with Crippen LogP contribution in [0.15, 0.2) is 358 Å². The summed E-state index contributed by atoms with van der Waals surface area (Å²) < 4.78 is 95.6. The zero-order chi connectivity index (χ0) is 83.7. The van der Waals surface area contributed by atoms with Gasteiger partial charge in [0.15, 0.2) is 21.4 Å². The number of aromatic nitrogens is 9. The van der Waals surface area contributed by atoms with Crippen LogP contribution in [0, 0.1) is 0 Å². The number of nitrogens with zero attached hydrogens (tertiary/aromatic N) is 9. The molecule has 0 spiro atoms. The van der Waals surface area contributed by atoms with E-state index in [1.165, 1.54) is 0 Å². The minimum Gasteiger partial charge on any atom is -0.308 e. The molecule has 12 nitrogen and oxygen atoms in total. The predicted molar refractivity (Wildman–Crippen MR) is 489 cm³/mol. The first-order valence-electron chi connectivity index (χ1n) is 42.2. The van der Waals surface area contributed by atoms with E-state index in [2.05, 4.69) is 136 Å². The first-order chi connectivity index (χ1) is 60.1. The van der Waals surface area contributed by atoms with E-state index in [0.717, 1.165) is 207 Å². The molecule has 0 amide bonds. The van der Waals surface area contributed by atoms with Crippen molar-refractivity contribution in [3.63, 3.8) is 0 Å². The maximum atomic E-state index is 15.7. The molecule has 0 bridgehead atoms. The number of hydrogen-bond acceptors (Lipinski definition) is 8. The maximum absolute atomic E-state index is 15.7. The summed E-state index contributed by atoms with van der Waals surface area (Å²) in [5, 5.41) is 8.42. The Hall–Kier alpha value is -13.7. The summed E-state index contributed by atoms with van der Waals surface area (Å²) in [6.07, 6.45) is 6.46. The highest BCUT2D eigenvalue weighted by Gasteiger charge is 2.44. The molecule has 0 aliphatic carbocycles. The van der Waals surface area contributed by atoms with Crippen LogP contribution >= 0.6 is 21.4 Å². The van der Waals surface area contributed by atoms with Crippen molar-refractivity contribution in [2.24, 2.45) is 0 Å². The minimum absolute atomic E-state index is 0.186. The zero-order valence-electron chi connectivity index (χ0n) is 69.5. The lowest BCUT2D eigenvalue weighted by atomic mass is 9.98. The van der Waals surface area contributed by atoms with E-state index in [1.807, 2.05) is 231 Å². The van der Waals surface area contributed by atoms with E-state index in [9.17, 15) is 0 Å². The molecule has 566 valence electrons. The van der Waals surface area contributed by atoms with Crippen LogP contribution in [-0.4, -0.2) is 43.0 Å². The SMILES string of the molecule is CCc1nc2cc(-c3nc4ccccc4c4nc5ccccc5n34)cc3c2n1-c1ccccc1P3(=O)c1ccccc1.CCc1nc2cc(/C=C/c3ccccc3)cc3c2n1-c1ccccc1P3(=O)c1ccccc1.[2H]c1c([2H])c([2H])c(-c2ccc(-c3ccc(-c4cc5c6c(c4)nc(CC)n6-c4ccccc4P5(=O)c4ccccc4)cc3)cc2)c([2H])c1[2H]. The van der Waals surface area contributed by atoms with Gasteiger partial charge in [-0.1, -0.05) is 294 Å². The van der Waals surface area contributed by atoms with Crippen LogP contribution in [0.2, 0.25) is 0 Å². The molecule has 0 saturated carbocycles. The molecule has 118 heavy (non-hydrogen) atoms. The zero-order valence-corrected chi connectivity index (χ0v) is 67.2. The molecular weight excluding hydrogens is 1500 g/mol. The van der Waals surface area contributed by atoms with Crippen molar-refractivity contribution in [2.45, 2.75) is 40.0 Å². The summed E-state index contributed by atoms with van der Waals surface area (Å²) in [6.45, 7) is 6.33. The van der Waals surface area contributed by atoms with Gasteiger partial charge in [0.2, 0.25) is 0 Å². The highest BCUT2D eigenvalue weighted by atomic mass is 31.2. The van der Waals surface area contributed by atoms with Gasteiger partial charge in [-0.05, 0) is 142 Å². The number of hydrogen-bond donors (Lipinski definition) is 0. The molecule has 15 aromatic carbocycles. The highest BCUT2D eigenvalue weighted by molar-refractivity contribution is 7.87. The number of fused-ring (bicyclic) bond motifs is 11. The van der Waals surface area contributed by atoms with Crippen molar-refractivity contribution in [3.8, 4) is 61.8 Å². The molecule has 3 atom stereocenters. The lowest BCUT2D eigenvalue weighted by Gasteiger charge is -2.29. The van der Waals surface area contributed by atoms with Crippen molar-refractivity contribution in [3.05, 3.63) is 386 Å².